The van der Waals surface area contributed by atoms with Gasteiger partial charge in [0.25, 0.3) is 0 Å². The monoisotopic (exact) mass is 296 g/mol. The predicted molar refractivity (Wildman–Crippen MR) is 81.1 cm³/mol. The number of rotatable bonds is 4. The van der Waals surface area contributed by atoms with E-state index in [1.54, 1.807) is 0 Å². The van der Waals surface area contributed by atoms with Gasteiger partial charge in [0.15, 0.2) is 0 Å². The zero-order chi connectivity index (χ0) is 13.6. The quantitative estimate of drug-likeness (QED) is 0.695. The van der Waals surface area contributed by atoms with E-state index in [1.165, 1.54) is 19.3 Å². The van der Waals surface area contributed by atoms with E-state index in [-0.39, 0.29) is 5.38 Å². The van der Waals surface area contributed by atoms with Gasteiger partial charge in [-0.05, 0) is 38.3 Å². The molecule has 19 heavy (non-hydrogen) atoms. The Hall–Kier alpha value is -0.730. The summed E-state index contributed by atoms with van der Waals surface area (Å²) < 4.78 is 2.28. The van der Waals surface area contributed by atoms with Gasteiger partial charge in [-0.2, -0.15) is 0 Å². The molecule has 2 nitrogen and oxygen atoms in total. The van der Waals surface area contributed by atoms with Crippen molar-refractivity contribution in [1.29, 1.82) is 0 Å². The molecule has 2 unspecified atom stereocenters. The van der Waals surface area contributed by atoms with Gasteiger partial charge in [0, 0.05) is 6.04 Å². The molecule has 2 atom stereocenters. The second-order valence-electron chi connectivity index (χ2n) is 5.59. The van der Waals surface area contributed by atoms with Gasteiger partial charge in [0.1, 0.15) is 11.3 Å². The summed E-state index contributed by atoms with van der Waals surface area (Å²) in [5, 5.41) is 0.596. The van der Waals surface area contributed by atoms with Crippen molar-refractivity contribution in [2.24, 2.45) is 5.92 Å². The summed E-state index contributed by atoms with van der Waals surface area (Å²) in [4.78, 5) is 4.66. The molecule has 102 valence electrons. The first-order chi connectivity index (χ1) is 9.08. The lowest BCUT2D eigenvalue weighted by Gasteiger charge is -2.18. The van der Waals surface area contributed by atoms with E-state index in [0.29, 0.717) is 11.1 Å². The summed E-state index contributed by atoms with van der Waals surface area (Å²) in [6.07, 6.45) is 3.93. The van der Waals surface area contributed by atoms with E-state index in [9.17, 15) is 0 Å². The smallest absolute Gasteiger partial charge is 0.128 e. The van der Waals surface area contributed by atoms with Crippen LogP contribution in [0.3, 0.4) is 0 Å². The molecule has 0 radical (unpaired) electrons. The van der Waals surface area contributed by atoms with Gasteiger partial charge < -0.3 is 4.57 Å². The van der Waals surface area contributed by atoms with Crippen LogP contribution >= 0.6 is 23.2 Å². The van der Waals surface area contributed by atoms with Crippen molar-refractivity contribution in [2.75, 3.05) is 0 Å². The molecule has 1 aromatic heterocycles. The first kappa shape index (κ1) is 13.3. The summed E-state index contributed by atoms with van der Waals surface area (Å²) in [7, 11) is 0. The molecule has 4 heteroatoms. The number of nitrogens with zero attached hydrogens (tertiary/aromatic N) is 2. The van der Waals surface area contributed by atoms with Crippen LogP contribution < -0.4 is 0 Å². The van der Waals surface area contributed by atoms with Crippen molar-refractivity contribution in [2.45, 2.75) is 44.5 Å². The topological polar surface area (TPSA) is 17.8 Å². The van der Waals surface area contributed by atoms with Crippen LogP contribution in [-0.2, 0) is 0 Å². The van der Waals surface area contributed by atoms with Gasteiger partial charge >= 0.3 is 0 Å². The molecule has 1 saturated carbocycles. The second-order valence-corrected chi connectivity index (χ2v) is 6.65. The lowest BCUT2D eigenvalue weighted by Crippen LogP contribution is -2.10. The first-order valence-corrected chi connectivity index (χ1v) is 7.69. The predicted octanol–water partition coefficient (Wildman–Crippen LogP) is 5.35. The van der Waals surface area contributed by atoms with Gasteiger partial charge in [-0.25, -0.2) is 4.98 Å². The Morgan fingerprint density at radius 2 is 2.11 bits per heavy atom. The molecule has 1 heterocycles. The van der Waals surface area contributed by atoms with Crippen LogP contribution in [0.4, 0.5) is 0 Å². The Bertz CT molecular complexity index is 599. The van der Waals surface area contributed by atoms with Crippen LogP contribution in [0.15, 0.2) is 18.2 Å². The van der Waals surface area contributed by atoms with Crippen LogP contribution in [0.1, 0.15) is 50.4 Å². The molecule has 0 amide bonds. The summed E-state index contributed by atoms with van der Waals surface area (Å²) in [5.41, 5.74) is 1.97. The number of alkyl halides is 1. The summed E-state index contributed by atoms with van der Waals surface area (Å²) in [5.74, 6) is 1.81. The van der Waals surface area contributed by atoms with Crippen LogP contribution in [-0.4, -0.2) is 9.55 Å². The highest BCUT2D eigenvalue weighted by molar-refractivity contribution is 6.35. The maximum atomic E-state index is 6.30. The summed E-state index contributed by atoms with van der Waals surface area (Å²) in [6.45, 7) is 4.22. The van der Waals surface area contributed by atoms with Crippen molar-refractivity contribution in [1.82, 2.24) is 9.55 Å². The van der Waals surface area contributed by atoms with Gasteiger partial charge in [0.2, 0.25) is 0 Å². The number of halogens is 2. The fourth-order valence-electron chi connectivity index (χ4n) is 2.79. The van der Waals surface area contributed by atoms with E-state index in [0.717, 1.165) is 22.8 Å². The summed E-state index contributed by atoms with van der Waals surface area (Å²) in [6, 6.07) is 6.37. The number of hydrogen-bond donors (Lipinski definition) is 0. The van der Waals surface area contributed by atoms with E-state index in [4.69, 9.17) is 23.2 Å². The van der Waals surface area contributed by atoms with E-state index in [1.807, 2.05) is 19.1 Å². The minimum atomic E-state index is -0.106. The highest BCUT2D eigenvalue weighted by atomic mass is 35.5. The van der Waals surface area contributed by atoms with Gasteiger partial charge in [-0.1, -0.05) is 30.5 Å². The minimum Gasteiger partial charge on any atom is -0.324 e. The molecule has 0 aliphatic heterocycles. The van der Waals surface area contributed by atoms with E-state index in [2.05, 4.69) is 22.5 Å². The van der Waals surface area contributed by atoms with Gasteiger partial charge in [0.05, 0.1) is 15.9 Å². The van der Waals surface area contributed by atoms with E-state index >= 15 is 0 Å². The average Bonchev–Trinajstić information content (AvgIpc) is 3.06. The molecule has 0 saturated heterocycles. The lowest BCUT2D eigenvalue weighted by atomic mass is 10.1. The lowest BCUT2D eigenvalue weighted by molar-refractivity contribution is 0.472. The van der Waals surface area contributed by atoms with Gasteiger partial charge in [-0.3, -0.25) is 0 Å². The van der Waals surface area contributed by atoms with Crippen LogP contribution in [0.5, 0.6) is 0 Å². The minimum absolute atomic E-state index is 0.106. The van der Waals surface area contributed by atoms with Crippen molar-refractivity contribution in [3.05, 3.63) is 29.0 Å². The number of imidazole rings is 1. The van der Waals surface area contributed by atoms with Crippen LogP contribution in [0, 0.1) is 5.92 Å². The van der Waals surface area contributed by atoms with Crippen LogP contribution in [0.2, 0.25) is 5.02 Å². The SMILES string of the molecule is CC(Cl)c1nc2c(Cl)cccc2n1C(C)CC1CC1. The molecule has 1 aliphatic carbocycles. The molecule has 3 rings (SSSR count). The zero-order valence-corrected chi connectivity index (χ0v) is 12.7. The Balaban J connectivity index is 2.12. The largest absolute Gasteiger partial charge is 0.324 e. The number of hydrogen-bond acceptors (Lipinski definition) is 1. The highest BCUT2D eigenvalue weighted by Crippen LogP contribution is 2.39. The van der Waals surface area contributed by atoms with E-state index < -0.39 is 0 Å². The number of para-hydroxylation sites is 1. The Morgan fingerprint density at radius 3 is 2.74 bits per heavy atom. The number of fused-ring (bicyclic) bond motifs is 1. The highest BCUT2D eigenvalue weighted by Gasteiger charge is 2.27. The summed E-state index contributed by atoms with van der Waals surface area (Å²) >= 11 is 12.6. The van der Waals surface area contributed by atoms with Crippen molar-refractivity contribution in [3.8, 4) is 0 Å². The average molecular weight is 297 g/mol. The number of benzene rings is 1. The zero-order valence-electron chi connectivity index (χ0n) is 11.2. The normalized spacial score (nSPS) is 18.7. The number of aromatic nitrogens is 2. The van der Waals surface area contributed by atoms with Crippen molar-refractivity contribution in [3.63, 3.8) is 0 Å². The van der Waals surface area contributed by atoms with Crippen molar-refractivity contribution < 1.29 is 0 Å². The molecule has 0 bridgehead atoms. The second kappa shape index (κ2) is 4.99. The van der Waals surface area contributed by atoms with Gasteiger partial charge in [-0.15, -0.1) is 11.6 Å². The molecule has 1 aromatic carbocycles. The molecule has 2 aromatic rings. The van der Waals surface area contributed by atoms with Crippen molar-refractivity contribution >= 4 is 34.2 Å². The third-order valence-corrected chi connectivity index (χ3v) is 4.37. The maximum absolute atomic E-state index is 6.30. The Labute approximate surface area is 123 Å². The Morgan fingerprint density at radius 1 is 1.37 bits per heavy atom. The maximum Gasteiger partial charge on any atom is 0.128 e. The third kappa shape index (κ3) is 2.48. The molecule has 0 N–H and O–H groups in total. The molecular formula is C15H18Cl2N2. The molecule has 1 aliphatic rings. The molecule has 1 fully saturated rings. The van der Waals surface area contributed by atoms with Crippen LogP contribution in [0.25, 0.3) is 11.0 Å². The Kier molecular flexibility index (Phi) is 3.48. The first-order valence-electron chi connectivity index (χ1n) is 6.88. The third-order valence-electron chi connectivity index (χ3n) is 3.87. The fraction of sp³-hybridized carbons (Fsp3) is 0.533. The molecule has 0 spiro atoms. The fourth-order valence-corrected chi connectivity index (χ4v) is 3.15. The molecular weight excluding hydrogens is 279 g/mol. The standard InChI is InChI=1S/C15H18Cl2N2/c1-9(8-11-6-7-11)19-13-5-3-4-12(17)14(13)18-15(19)10(2)16/h3-5,9-11H,6-8H2,1-2H3.